The van der Waals surface area contributed by atoms with Gasteiger partial charge in [0.25, 0.3) is 0 Å². The van der Waals surface area contributed by atoms with Crippen LogP contribution < -0.4 is 9.47 Å². The van der Waals surface area contributed by atoms with Crippen molar-refractivity contribution in [3.05, 3.63) is 59.2 Å². The first-order chi connectivity index (χ1) is 10.3. The van der Waals surface area contributed by atoms with Gasteiger partial charge in [-0.05, 0) is 47.6 Å². The number of hydrogen-bond acceptors (Lipinski definition) is 3. The first kappa shape index (κ1) is 12.7. The SMILES string of the molecule is OC(c1ccc(C2CCC2)cc1)c1ccc2c(c1)OCO2. The van der Waals surface area contributed by atoms with Crippen molar-refractivity contribution in [2.24, 2.45) is 0 Å². The highest BCUT2D eigenvalue weighted by Gasteiger charge is 2.21. The van der Waals surface area contributed by atoms with Crippen LogP contribution in [0.15, 0.2) is 42.5 Å². The normalized spacial score (nSPS) is 18.3. The monoisotopic (exact) mass is 282 g/mol. The van der Waals surface area contributed by atoms with Crippen LogP contribution in [0.4, 0.5) is 0 Å². The number of hydrogen-bond donors (Lipinski definition) is 1. The Labute approximate surface area is 124 Å². The molecule has 2 aromatic carbocycles. The lowest BCUT2D eigenvalue weighted by molar-refractivity contribution is 0.173. The van der Waals surface area contributed by atoms with E-state index in [0.29, 0.717) is 5.75 Å². The van der Waals surface area contributed by atoms with Crippen LogP contribution in [0.25, 0.3) is 0 Å². The zero-order chi connectivity index (χ0) is 14.2. The summed E-state index contributed by atoms with van der Waals surface area (Å²) in [5, 5.41) is 10.5. The number of aliphatic hydroxyl groups is 1. The number of rotatable bonds is 3. The maximum Gasteiger partial charge on any atom is 0.231 e. The lowest BCUT2D eigenvalue weighted by Crippen LogP contribution is -2.09. The molecule has 1 fully saturated rings. The van der Waals surface area contributed by atoms with Crippen molar-refractivity contribution in [2.75, 3.05) is 6.79 Å². The van der Waals surface area contributed by atoms with E-state index in [1.807, 2.05) is 30.3 Å². The van der Waals surface area contributed by atoms with Gasteiger partial charge in [-0.3, -0.25) is 0 Å². The summed E-state index contributed by atoms with van der Waals surface area (Å²) in [5.74, 6) is 2.17. The molecule has 1 atom stereocenters. The van der Waals surface area contributed by atoms with Crippen molar-refractivity contribution in [2.45, 2.75) is 31.3 Å². The van der Waals surface area contributed by atoms with Gasteiger partial charge in [0.2, 0.25) is 6.79 Å². The van der Waals surface area contributed by atoms with E-state index in [0.717, 1.165) is 22.8 Å². The van der Waals surface area contributed by atoms with Crippen molar-refractivity contribution in [1.82, 2.24) is 0 Å². The first-order valence-corrected chi connectivity index (χ1v) is 7.49. The summed E-state index contributed by atoms with van der Waals surface area (Å²) < 4.78 is 10.7. The summed E-state index contributed by atoms with van der Waals surface area (Å²) in [7, 11) is 0. The van der Waals surface area contributed by atoms with E-state index in [1.54, 1.807) is 0 Å². The predicted octanol–water partition coefficient (Wildman–Crippen LogP) is 3.76. The van der Waals surface area contributed by atoms with Crippen LogP contribution >= 0.6 is 0 Å². The van der Waals surface area contributed by atoms with Crippen molar-refractivity contribution < 1.29 is 14.6 Å². The standard InChI is InChI=1S/C18H18O3/c19-18(15-8-9-16-17(10-15)21-11-20-16)14-6-4-13(5-7-14)12-2-1-3-12/h4-10,12,18-19H,1-3,11H2. The summed E-state index contributed by atoms with van der Waals surface area (Å²) in [4.78, 5) is 0. The Bertz CT molecular complexity index is 644. The molecule has 21 heavy (non-hydrogen) atoms. The molecule has 3 heteroatoms. The molecule has 0 spiro atoms. The Kier molecular flexibility index (Phi) is 3.08. The molecule has 0 aromatic heterocycles. The number of fused-ring (bicyclic) bond motifs is 1. The Morgan fingerprint density at radius 3 is 2.33 bits per heavy atom. The summed E-state index contributed by atoms with van der Waals surface area (Å²) in [6, 6.07) is 13.9. The lowest BCUT2D eigenvalue weighted by atomic mass is 9.80. The fourth-order valence-electron chi connectivity index (χ4n) is 2.97. The minimum atomic E-state index is -0.630. The minimum Gasteiger partial charge on any atom is -0.454 e. The smallest absolute Gasteiger partial charge is 0.231 e. The molecule has 1 unspecified atom stereocenters. The van der Waals surface area contributed by atoms with E-state index >= 15 is 0 Å². The van der Waals surface area contributed by atoms with Gasteiger partial charge in [0.05, 0.1) is 0 Å². The molecule has 1 aliphatic carbocycles. The van der Waals surface area contributed by atoms with Crippen LogP contribution in [0.1, 0.15) is 48.0 Å². The third-order valence-corrected chi connectivity index (χ3v) is 4.54. The molecular weight excluding hydrogens is 264 g/mol. The van der Waals surface area contributed by atoms with Gasteiger partial charge in [-0.2, -0.15) is 0 Å². The van der Waals surface area contributed by atoms with E-state index in [-0.39, 0.29) is 6.79 Å². The average molecular weight is 282 g/mol. The summed E-state index contributed by atoms with van der Waals surface area (Å²) in [6.45, 7) is 0.255. The summed E-state index contributed by atoms with van der Waals surface area (Å²) in [6.07, 6.45) is 3.30. The molecular formula is C18H18O3. The largest absolute Gasteiger partial charge is 0.454 e. The molecule has 4 rings (SSSR count). The van der Waals surface area contributed by atoms with Crippen LogP contribution in [0.3, 0.4) is 0 Å². The number of ether oxygens (including phenoxy) is 2. The molecule has 1 saturated carbocycles. The Hall–Kier alpha value is -2.00. The Morgan fingerprint density at radius 1 is 0.905 bits per heavy atom. The quantitative estimate of drug-likeness (QED) is 0.931. The van der Waals surface area contributed by atoms with Gasteiger partial charge in [-0.25, -0.2) is 0 Å². The maximum atomic E-state index is 10.5. The lowest BCUT2D eigenvalue weighted by Gasteiger charge is -2.26. The molecule has 0 radical (unpaired) electrons. The summed E-state index contributed by atoms with van der Waals surface area (Å²) >= 11 is 0. The zero-order valence-corrected chi connectivity index (χ0v) is 11.8. The van der Waals surface area contributed by atoms with Gasteiger partial charge in [0.1, 0.15) is 6.10 Å². The molecule has 1 N–H and O–H groups in total. The highest BCUT2D eigenvalue weighted by atomic mass is 16.7. The van der Waals surface area contributed by atoms with E-state index in [2.05, 4.69) is 12.1 Å². The third kappa shape index (κ3) is 2.28. The second kappa shape index (κ2) is 5.08. The molecule has 1 heterocycles. The average Bonchev–Trinajstić information content (AvgIpc) is 2.93. The van der Waals surface area contributed by atoms with Gasteiger partial charge in [0.15, 0.2) is 11.5 Å². The molecule has 2 aliphatic rings. The topological polar surface area (TPSA) is 38.7 Å². The first-order valence-electron chi connectivity index (χ1n) is 7.49. The molecule has 0 amide bonds. The molecule has 2 aromatic rings. The minimum absolute atomic E-state index is 0.255. The second-order valence-corrected chi connectivity index (χ2v) is 5.81. The van der Waals surface area contributed by atoms with Crippen molar-refractivity contribution in [3.63, 3.8) is 0 Å². The molecule has 0 bridgehead atoms. The van der Waals surface area contributed by atoms with Gasteiger partial charge >= 0.3 is 0 Å². The maximum absolute atomic E-state index is 10.5. The van der Waals surface area contributed by atoms with E-state index in [9.17, 15) is 5.11 Å². The highest BCUT2D eigenvalue weighted by molar-refractivity contribution is 5.46. The fraction of sp³-hybridized carbons (Fsp3) is 0.333. The molecule has 108 valence electrons. The molecule has 3 nitrogen and oxygen atoms in total. The van der Waals surface area contributed by atoms with Crippen LogP contribution in [0.5, 0.6) is 11.5 Å². The van der Waals surface area contributed by atoms with E-state index in [1.165, 1.54) is 24.8 Å². The van der Waals surface area contributed by atoms with Crippen LogP contribution in [-0.4, -0.2) is 11.9 Å². The van der Waals surface area contributed by atoms with Crippen molar-refractivity contribution >= 4 is 0 Å². The van der Waals surface area contributed by atoms with Crippen LogP contribution in [0.2, 0.25) is 0 Å². The Morgan fingerprint density at radius 2 is 1.62 bits per heavy atom. The van der Waals surface area contributed by atoms with E-state index in [4.69, 9.17) is 9.47 Å². The van der Waals surface area contributed by atoms with Gasteiger partial charge in [0, 0.05) is 0 Å². The van der Waals surface area contributed by atoms with Crippen LogP contribution in [0, 0.1) is 0 Å². The molecule has 1 aliphatic heterocycles. The van der Waals surface area contributed by atoms with Crippen molar-refractivity contribution in [1.29, 1.82) is 0 Å². The Balaban J connectivity index is 1.57. The number of aliphatic hydroxyl groups excluding tert-OH is 1. The second-order valence-electron chi connectivity index (χ2n) is 5.81. The van der Waals surface area contributed by atoms with Gasteiger partial charge in [-0.15, -0.1) is 0 Å². The number of benzene rings is 2. The zero-order valence-electron chi connectivity index (χ0n) is 11.8. The van der Waals surface area contributed by atoms with Crippen LogP contribution in [-0.2, 0) is 0 Å². The molecule has 0 saturated heterocycles. The van der Waals surface area contributed by atoms with E-state index < -0.39 is 6.10 Å². The van der Waals surface area contributed by atoms with Gasteiger partial charge in [-0.1, -0.05) is 36.8 Å². The third-order valence-electron chi connectivity index (χ3n) is 4.54. The highest BCUT2D eigenvalue weighted by Crippen LogP contribution is 2.38. The van der Waals surface area contributed by atoms with Gasteiger partial charge < -0.3 is 14.6 Å². The van der Waals surface area contributed by atoms with Crippen molar-refractivity contribution in [3.8, 4) is 11.5 Å². The fourth-order valence-corrected chi connectivity index (χ4v) is 2.97. The predicted molar refractivity (Wildman–Crippen MR) is 79.7 cm³/mol. The summed E-state index contributed by atoms with van der Waals surface area (Å²) in [5.41, 5.74) is 3.13.